The third-order valence-corrected chi connectivity index (χ3v) is 3.95. The molecule has 1 atom stereocenters. The van der Waals surface area contributed by atoms with E-state index in [0.717, 1.165) is 19.4 Å². The summed E-state index contributed by atoms with van der Waals surface area (Å²) in [6.45, 7) is 1.94. The van der Waals surface area contributed by atoms with Crippen LogP contribution < -0.4 is 10.6 Å². The predicted octanol–water partition coefficient (Wildman–Crippen LogP) is 2.70. The molecule has 1 heterocycles. The van der Waals surface area contributed by atoms with Crippen LogP contribution in [0.15, 0.2) is 22.7 Å². The summed E-state index contributed by atoms with van der Waals surface area (Å²) in [7, 11) is 0. The minimum absolute atomic E-state index is 0.0422. The maximum Gasteiger partial charge on any atom is 0.337 e. The van der Waals surface area contributed by atoms with Gasteiger partial charge in [-0.15, -0.1) is 0 Å². The summed E-state index contributed by atoms with van der Waals surface area (Å²) in [6, 6.07) is 4.31. The van der Waals surface area contributed by atoms with Gasteiger partial charge < -0.3 is 20.5 Å². The lowest BCUT2D eigenvalue weighted by molar-refractivity contribution is 0.0559. The number of benzene rings is 1. The van der Waals surface area contributed by atoms with E-state index in [9.17, 15) is 9.59 Å². The van der Waals surface area contributed by atoms with Crippen LogP contribution in [0.2, 0.25) is 0 Å². The van der Waals surface area contributed by atoms with E-state index in [1.807, 2.05) is 0 Å². The Kier molecular flexibility index (Phi) is 5.58. The fraction of sp³-hybridized carbons (Fsp3) is 0.429. The van der Waals surface area contributed by atoms with Gasteiger partial charge >= 0.3 is 12.0 Å². The number of halogens is 1. The highest BCUT2D eigenvalue weighted by molar-refractivity contribution is 9.10. The average molecular weight is 357 g/mol. The normalized spacial score (nSPS) is 18.0. The van der Waals surface area contributed by atoms with Crippen molar-refractivity contribution in [3.8, 4) is 0 Å². The van der Waals surface area contributed by atoms with Crippen molar-refractivity contribution in [3.63, 3.8) is 0 Å². The van der Waals surface area contributed by atoms with Crippen molar-refractivity contribution in [3.05, 3.63) is 28.2 Å². The van der Waals surface area contributed by atoms with Crippen LogP contribution in [0.5, 0.6) is 0 Å². The molecular formula is C14H17BrN2O4. The summed E-state index contributed by atoms with van der Waals surface area (Å²) in [5.74, 6) is -0.782. The van der Waals surface area contributed by atoms with Crippen LogP contribution in [0.1, 0.15) is 23.2 Å². The SMILES string of the molecule is O=C(NCC1CCCOC1)Nc1c(Br)cccc1C(=O)O. The minimum Gasteiger partial charge on any atom is -0.478 e. The van der Waals surface area contributed by atoms with Crippen molar-refractivity contribution < 1.29 is 19.4 Å². The molecule has 0 aliphatic carbocycles. The van der Waals surface area contributed by atoms with E-state index in [1.165, 1.54) is 6.07 Å². The number of rotatable bonds is 4. The van der Waals surface area contributed by atoms with E-state index in [2.05, 4.69) is 26.6 Å². The molecule has 1 aromatic carbocycles. The lowest BCUT2D eigenvalue weighted by atomic mass is 10.0. The first-order valence-corrected chi connectivity index (χ1v) is 7.51. The van der Waals surface area contributed by atoms with E-state index in [0.29, 0.717) is 23.5 Å². The molecule has 1 unspecified atom stereocenters. The van der Waals surface area contributed by atoms with Crippen LogP contribution in [0, 0.1) is 5.92 Å². The average Bonchev–Trinajstić information content (AvgIpc) is 2.48. The molecule has 0 spiro atoms. The molecular weight excluding hydrogens is 340 g/mol. The van der Waals surface area contributed by atoms with Gasteiger partial charge in [-0.1, -0.05) is 6.07 Å². The summed E-state index contributed by atoms with van der Waals surface area (Å²) in [4.78, 5) is 23.1. The van der Waals surface area contributed by atoms with Crippen LogP contribution in [0.3, 0.4) is 0 Å². The van der Waals surface area contributed by atoms with E-state index in [1.54, 1.807) is 12.1 Å². The van der Waals surface area contributed by atoms with Crippen molar-refractivity contribution in [2.45, 2.75) is 12.8 Å². The van der Waals surface area contributed by atoms with Gasteiger partial charge in [0.25, 0.3) is 0 Å². The van der Waals surface area contributed by atoms with Crippen molar-refractivity contribution in [1.82, 2.24) is 5.32 Å². The smallest absolute Gasteiger partial charge is 0.337 e. The Hall–Kier alpha value is -1.60. The molecule has 1 aromatic rings. The zero-order valence-electron chi connectivity index (χ0n) is 11.4. The van der Waals surface area contributed by atoms with Gasteiger partial charge in [-0.2, -0.15) is 0 Å². The first kappa shape index (κ1) is 15.8. The monoisotopic (exact) mass is 356 g/mol. The fourth-order valence-electron chi connectivity index (χ4n) is 2.19. The highest BCUT2D eigenvalue weighted by Crippen LogP contribution is 2.26. The van der Waals surface area contributed by atoms with Gasteiger partial charge in [-0.25, -0.2) is 9.59 Å². The summed E-state index contributed by atoms with van der Waals surface area (Å²) < 4.78 is 5.87. The first-order chi connectivity index (χ1) is 10.1. The number of amides is 2. The maximum atomic E-state index is 11.9. The van der Waals surface area contributed by atoms with E-state index < -0.39 is 12.0 Å². The second-order valence-electron chi connectivity index (χ2n) is 4.89. The molecule has 1 saturated heterocycles. The van der Waals surface area contributed by atoms with Crippen molar-refractivity contribution in [2.75, 3.05) is 25.1 Å². The molecule has 1 fully saturated rings. The maximum absolute atomic E-state index is 11.9. The number of nitrogens with one attached hydrogen (secondary N) is 2. The zero-order chi connectivity index (χ0) is 15.2. The number of carbonyl (C=O) groups is 2. The van der Waals surface area contributed by atoms with E-state index in [4.69, 9.17) is 9.84 Å². The van der Waals surface area contributed by atoms with Crippen molar-refractivity contribution in [1.29, 1.82) is 0 Å². The second kappa shape index (κ2) is 7.42. The van der Waals surface area contributed by atoms with Gasteiger partial charge in [0.05, 0.1) is 17.9 Å². The Labute approximate surface area is 131 Å². The quantitative estimate of drug-likeness (QED) is 0.773. The Morgan fingerprint density at radius 1 is 1.43 bits per heavy atom. The van der Waals surface area contributed by atoms with Crippen molar-refractivity contribution in [2.24, 2.45) is 5.92 Å². The van der Waals surface area contributed by atoms with E-state index >= 15 is 0 Å². The van der Waals surface area contributed by atoms with Gasteiger partial charge in [0.1, 0.15) is 0 Å². The molecule has 2 amide bonds. The van der Waals surface area contributed by atoms with Crippen LogP contribution in [-0.2, 0) is 4.74 Å². The Bertz CT molecular complexity index is 530. The van der Waals surface area contributed by atoms with Gasteiger partial charge in [-0.05, 0) is 46.8 Å². The number of carboxylic acids is 1. The van der Waals surface area contributed by atoms with Crippen LogP contribution in [-0.4, -0.2) is 36.9 Å². The number of aromatic carboxylic acids is 1. The third-order valence-electron chi connectivity index (χ3n) is 3.29. The first-order valence-electron chi connectivity index (χ1n) is 6.72. The Morgan fingerprint density at radius 3 is 2.90 bits per heavy atom. The standard InChI is InChI=1S/C14H17BrN2O4/c15-11-5-1-4-10(13(18)19)12(11)17-14(20)16-7-9-3-2-6-21-8-9/h1,4-5,9H,2-3,6-8H2,(H,18,19)(H2,16,17,20). The number of anilines is 1. The van der Waals surface area contributed by atoms with Gasteiger partial charge in [-0.3, -0.25) is 0 Å². The highest BCUT2D eigenvalue weighted by Gasteiger charge is 2.17. The van der Waals surface area contributed by atoms with Crippen molar-refractivity contribution >= 4 is 33.6 Å². The summed E-state index contributed by atoms with van der Waals surface area (Å²) in [5, 5.41) is 14.5. The lowest BCUT2D eigenvalue weighted by Gasteiger charge is -2.22. The largest absolute Gasteiger partial charge is 0.478 e. The minimum atomic E-state index is -1.09. The zero-order valence-corrected chi connectivity index (χ0v) is 13.0. The van der Waals surface area contributed by atoms with Gasteiger partial charge in [0.2, 0.25) is 0 Å². The highest BCUT2D eigenvalue weighted by atomic mass is 79.9. The molecule has 0 saturated carbocycles. The van der Waals surface area contributed by atoms with Crippen LogP contribution >= 0.6 is 15.9 Å². The lowest BCUT2D eigenvalue weighted by Crippen LogP contribution is -2.36. The number of carbonyl (C=O) groups excluding carboxylic acids is 1. The molecule has 1 aliphatic rings. The molecule has 0 radical (unpaired) electrons. The van der Waals surface area contributed by atoms with Gasteiger partial charge in [0, 0.05) is 17.6 Å². The third kappa shape index (κ3) is 4.44. The molecule has 3 N–H and O–H groups in total. The number of carboxylic acid groups (broad SMARTS) is 1. The summed E-state index contributed by atoms with van der Waals surface area (Å²) >= 11 is 3.25. The number of hydrogen-bond donors (Lipinski definition) is 3. The number of urea groups is 1. The molecule has 1 aliphatic heterocycles. The van der Waals surface area contributed by atoms with Gasteiger partial charge in [0.15, 0.2) is 0 Å². The molecule has 0 bridgehead atoms. The van der Waals surface area contributed by atoms with Crippen LogP contribution in [0.25, 0.3) is 0 Å². The molecule has 0 aromatic heterocycles. The summed E-state index contributed by atoms with van der Waals surface area (Å²) in [6.07, 6.45) is 2.02. The second-order valence-corrected chi connectivity index (χ2v) is 5.74. The summed E-state index contributed by atoms with van der Waals surface area (Å²) in [5.41, 5.74) is 0.294. The van der Waals surface area contributed by atoms with E-state index in [-0.39, 0.29) is 11.3 Å². The van der Waals surface area contributed by atoms with Crippen LogP contribution in [0.4, 0.5) is 10.5 Å². The topological polar surface area (TPSA) is 87.7 Å². The fourth-order valence-corrected chi connectivity index (χ4v) is 2.66. The molecule has 114 valence electrons. The molecule has 6 nitrogen and oxygen atoms in total. The molecule has 7 heteroatoms. The number of ether oxygens (including phenoxy) is 1. The predicted molar refractivity (Wildman–Crippen MR) is 81.7 cm³/mol. The number of para-hydroxylation sites is 1. The number of hydrogen-bond acceptors (Lipinski definition) is 3. The Balaban J connectivity index is 1.94. The Morgan fingerprint density at radius 2 is 2.24 bits per heavy atom. The molecule has 21 heavy (non-hydrogen) atoms. The molecule has 2 rings (SSSR count).